The summed E-state index contributed by atoms with van der Waals surface area (Å²) in [6, 6.07) is 17.9. The third kappa shape index (κ3) is 6.28. The topological polar surface area (TPSA) is 34.9 Å². The van der Waals surface area contributed by atoms with Crippen molar-refractivity contribution in [1.29, 1.82) is 0 Å². The van der Waals surface area contributed by atoms with Gasteiger partial charge in [0.2, 0.25) is 0 Å². The Morgan fingerprint density at radius 3 is 2.10 bits per heavy atom. The number of para-hydroxylation sites is 1. The summed E-state index contributed by atoms with van der Waals surface area (Å²) in [4.78, 5) is 18.0. The standard InChI is InChI=1S/C26H34N2O/c1-2-3-4-5-6-7-8-9-13-20-25-27-24-19-15-14-18-23(24)26(29)28(25)21-22-16-11-10-12-17-22/h10-12,14-19H,2-9,13,20-21H2,1H3. The second-order valence-electron chi connectivity index (χ2n) is 8.00. The predicted molar refractivity (Wildman–Crippen MR) is 122 cm³/mol. The fraction of sp³-hybridized carbons (Fsp3) is 0.462. The summed E-state index contributed by atoms with van der Waals surface area (Å²) in [7, 11) is 0. The van der Waals surface area contributed by atoms with E-state index in [-0.39, 0.29) is 5.56 Å². The van der Waals surface area contributed by atoms with Gasteiger partial charge in [-0.25, -0.2) is 4.98 Å². The van der Waals surface area contributed by atoms with Gasteiger partial charge in [0.15, 0.2) is 0 Å². The molecule has 1 heterocycles. The molecule has 3 nitrogen and oxygen atoms in total. The minimum atomic E-state index is 0.0744. The highest BCUT2D eigenvalue weighted by Gasteiger charge is 2.11. The Balaban J connectivity index is 1.64. The molecule has 0 saturated heterocycles. The van der Waals surface area contributed by atoms with Crippen molar-refractivity contribution in [2.24, 2.45) is 0 Å². The number of aromatic nitrogens is 2. The monoisotopic (exact) mass is 390 g/mol. The van der Waals surface area contributed by atoms with Crippen LogP contribution in [0.15, 0.2) is 59.4 Å². The molecule has 154 valence electrons. The van der Waals surface area contributed by atoms with Gasteiger partial charge in [-0.1, -0.05) is 101 Å². The molecule has 0 bridgehead atoms. The van der Waals surface area contributed by atoms with Gasteiger partial charge in [-0.05, 0) is 24.1 Å². The summed E-state index contributed by atoms with van der Waals surface area (Å²) < 4.78 is 1.88. The van der Waals surface area contributed by atoms with E-state index in [2.05, 4.69) is 19.1 Å². The molecule has 0 fully saturated rings. The number of hydrogen-bond donors (Lipinski definition) is 0. The van der Waals surface area contributed by atoms with Crippen molar-refractivity contribution < 1.29 is 0 Å². The predicted octanol–water partition coefficient (Wildman–Crippen LogP) is 6.52. The van der Waals surface area contributed by atoms with Crippen LogP contribution in [0.2, 0.25) is 0 Å². The van der Waals surface area contributed by atoms with E-state index in [0.29, 0.717) is 11.9 Å². The van der Waals surface area contributed by atoms with Gasteiger partial charge < -0.3 is 0 Å². The van der Waals surface area contributed by atoms with Gasteiger partial charge in [0, 0.05) is 6.42 Å². The van der Waals surface area contributed by atoms with E-state index in [4.69, 9.17) is 4.98 Å². The Morgan fingerprint density at radius 2 is 1.38 bits per heavy atom. The Kier molecular flexibility index (Phi) is 8.48. The van der Waals surface area contributed by atoms with Crippen LogP contribution in [-0.2, 0) is 13.0 Å². The highest BCUT2D eigenvalue weighted by Crippen LogP contribution is 2.14. The van der Waals surface area contributed by atoms with Gasteiger partial charge in [0.05, 0.1) is 17.4 Å². The SMILES string of the molecule is CCCCCCCCCCCc1nc2ccccc2c(=O)n1Cc1ccccc1. The molecule has 0 aliphatic heterocycles. The minimum Gasteiger partial charge on any atom is -0.292 e. The minimum absolute atomic E-state index is 0.0744. The molecule has 2 aromatic carbocycles. The maximum absolute atomic E-state index is 13.1. The number of rotatable bonds is 12. The number of unbranched alkanes of at least 4 members (excludes halogenated alkanes) is 8. The first-order valence-electron chi connectivity index (χ1n) is 11.3. The fourth-order valence-corrected chi connectivity index (χ4v) is 3.93. The zero-order valence-corrected chi connectivity index (χ0v) is 17.8. The van der Waals surface area contributed by atoms with Crippen LogP contribution >= 0.6 is 0 Å². The number of benzene rings is 2. The van der Waals surface area contributed by atoms with E-state index in [9.17, 15) is 4.79 Å². The molecule has 0 aliphatic carbocycles. The van der Waals surface area contributed by atoms with Gasteiger partial charge in [-0.3, -0.25) is 9.36 Å². The molecule has 1 aromatic heterocycles. The highest BCUT2D eigenvalue weighted by molar-refractivity contribution is 5.77. The molecule has 0 saturated carbocycles. The molecular weight excluding hydrogens is 356 g/mol. The Labute approximate surface area is 174 Å². The van der Waals surface area contributed by atoms with Crippen LogP contribution < -0.4 is 5.56 Å². The van der Waals surface area contributed by atoms with Crippen LogP contribution in [0.4, 0.5) is 0 Å². The summed E-state index contributed by atoms with van der Waals surface area (Å²) in [6.45, 7) is 2.85. The van der Waals surface area contributed by atoms with E-state index < -0.39 is 0 Å². The third-order valence-corrected chi connectivity index (χ3v) is 5.63. The van der Waals surface area contributed by atoms with Crippen LogP contribution in [-0.4, -0.2) is 9.55 Å². The van der Waals surface area contributed by atoms with E-state index in [1.165, 1.54) is 51.4 Å². The first kappa shape index (κ1) is 21.3. The quantitative estimate of drug-likeness (QED) is 0.330. The molecule has 0 atom stereocenters. The summed E-state index contributed by atoms with van der Waals surface area (Å²) in [5.74, 6) is 0.917. The van der Waals surface area contributed by atoms with Crippen molar-refractivity contribution in [2.45, 2.75) is 77.7 Å². The lowest BCUT2D eigenvalue weighted by atomic mass is 10.1. The van der Waals surface area contributed by atoms with Gasteiger partial charge in [-0.15, -0.1) is 0 Å². The molecule has 0 amide bonds. The van der Waals surface area contributed by atoms with Crippen LogP contribution in [0.25, 0.3) is 10.9 Å². The second-order valence-corrected chi connectivity index (χ2v) is 8.00. The lowest BCUT2D eigenvalue weighted by Gasteiger charge is -2.14. The lowest BCUT2D eigenvalue weighted by Crippen LogP contribution is -2.26. The second kappa shape index (κ2) is 11.5. The van der Waals surface area contributed by atoms with E-state index in [1.807, 2.05) is 47.0 Å². The Bertz CT molecular complexity index is 930. The lowest BCUT2D eigenvalue weighted by molar-refractivity contribution is 0.555. The Hall–Kier alpha value is -2.42. The average Bonchev–Trinajstić information content (AvgIpc) is 2.76. The Morgan fingerprint density at radius 1 is 0.759 bits per heavy atom. The van der Waals surface area contributed by atoms with E-state index in [1.54, 1.807) is 0 Å². The molecule has 0 radical (unpaired) electrons. The molecular formula is C26H34N2O. The van der Waals surface area contributed by atoms with Crippen LogP contribution in [0.1, 0.15) is 76.1 Å². The van der Waals surface area contributed by atoms with Crippen molar-refractivity contribution in [3.8, 4) is 0 Å². The number of nitrogens with zero attached hydrogens (tertiary/aromatic N) is 2. The first-order chi connectivity index (χ1) is 14.3. The molecule has 0 N–H and O–H groups in total. The summed E-state index contributed by atoms with van der Waals surface area (Å²) >= 11 is 0. The molecule has 3 rings (SSSR count). The van der Waals surface area contributed by atoms with Crippen LogP contribution in [0, 0.1) is 0 Å². The molecule has 0 unspecified atom stereocenters. The summed E-state index contributed by atoms with van der Waals surface area (Å²) in [5, 5.41) is 0.708. The normalized spacial score (nSPS) is 11.2. The molecule has 3 aromatic rings. The van der Waals surface area contributed by atoms with Gasteiger partial charge in [0.1, 0.15) is 5.82 Å². The number of fused-ring (bicyclic) bond motifs is 1. The van der Waals surface area contributed by atoms with Crippen LogP contribution in [0.3, 0.4) is 0 Å². The van der Waals surface area contributed by atoms with E-state index in [0.717, 1.165) is 29.7 Å². The number of aryl methyl sites for hydroxylation is 1. The molecule has 29 heavy (non-hydrogen) atoms. The number of hydrogen-bond acceptors (Lipinski definition) is 2. The molecule has 0 aliphatic rings. The maximum atomic E-state index is 13.1. The van der Waals surface area contributed by atoms with E-state index >= 15 is 0 Å². The summed E-state index contributed by atoms with van der Waals surface area (Å²) in [6.07, 6.45) is 12.6. The third-order valence-electron chi connectivity index (χ3n) is 5.63. The van der Waals surface area contributed by atoms with Crippen LogP contribution in [0.5, 0.6) is 0 Å². The smallest absolute Gasteiger partial charge is 0.261 e. The van der Waals surface area contributed by atoms with Crippen molar-refractivity contribution in [1.82, 2.24) is 9.55 Å². The van der Waals surface area contributed by atoms with Crippen molar-refractivity contribution >= 4 is 10.9 Å². The largest absolute Gasteiger partial charge is 0.292 e. The van der Waals surface area contributed by atoms with Gasteiger partial charge in [0.25, 0.3) is 5.56 Å². The highest BCUT2D eigenvalue weighted by atomic mass is 16.1. The zero-order valence-electron chi connectivity index (χ0n) is 17.8. The average molecular weight is 391 g/mol. The van der Waals surface area contributed by atoms with Crippen molar-refractivity contribution in [2.75, 3.05) is 0 Å². The fourth-order valence-electron chi connectivity index (χ4n) is 3.93. The van der Waals surface area contributed by atoms with Crippen molar-refractivity contribution in [3.05, 3.63) is 76.3 Å². The first-order valence-corrected chi connectivity index (χ1v) is 11.3. The van der Waals surface area contributed by atoms with Crippen molar-refractivity contribution in [3.63, 3.8) is 0 Å². The van der Waals surface area contributed by atoms with Gasteiger partial charge in [-0.2, -0.15) is 0 Å². The zero-order chi connectivity index (χ0) is 20.3. The molecule has 3 heteroatoms. The molecule has 0 spiro atoms. The van der Waals surface area contributed by atoms with Gasteiger partial charge >= 0.3 is 0 Å². The summed E-state index contributed by atoms with van der Waals surface area (Å²) in [5.41, 5.74) is 2.03. The maximum Gasteiger partial charge on any atom is 0.261 e.